The van der Waals surface area contributed by atoms with Gasteiger partial charge >= 0.3 is 0 Å². The monoisotopic (exact) mass is 234 g/mol. The largest absolute Gasteiger partial charge is 0.393 e. The lowest BCUT2D eigenvalue weighted by atomic mass is 9.82. The lowest BCUT2D eigenvalue weighted by Gasteiger charge is -2.27. The van der Waals surface area contributed by atoms with E-state index in [1.165, 1.54) is 12.1 Å². The molecule has 1 saturated carbocycles. The van der Waals surface area contributed by atoms with Gasteiger partial charge in [-0.2, -0.15) is 4.98 Å². The molecule has 0 aliphatic heterocycles. The van der Waals surface area contributed by atoms with Crippen molar-refractivity contribution in [2.75, 3.05) is 0 Å². The molecule has 0 radical (unpaired) electrons. The first kappa shape index (κ1) is 10.4. The summed E-state index contributed by atoms with van der Waals surface area (Å²) in [7, 11) is 0. The minimum atomic E-state index is -0.326. The number of aromatic nitrogens is 2. The quantitative estimate of drug-likeness (QED) is 0.864. The molecule has 1 aromatic heterocycles. The molecule has 0 bridgehead atoms. The molecule has 2 aromatic rings. The second-order valence-corrected chi connectivity index (χ2v) is 4.29. The Morgan fingerprint density at radius 1 is 1.35 bits per heavy atom. The summed E-state index contributed by atoms with van der Waals surface area (Å²) in [4.78, 5) is 4.22. The van der Waals surface area contributed by atoms with E-state index in [1.54, 1.807) is 12.1 Å². The van der Waals surface area contributed by atoms with Crippen molar-refractivity contribution in [3.05, 3.63) is 36.0 Å². The van der Waals surface area contributed by atoms with E-state index in [0.717, 1.165) is 0 Å². The normalized spacial score (nSPS) is 23.4. The first-order chi connectivity index (χ1) is 8.22. The van der Waals surface area contributed by atoms with Crippen LogP contribution < -0.4 is 0 Å². The van der Waals surface area contributed by atoms with Crippen molar-refractivity contribution in [3.8, 4) is 11.4 Å². The molecule has 0 unspecified atom stereocenters. The predicted molar refractivity (Wildman–Crippen MR) is 57.7 cm³/mol. The van der Waals surface area contributed by atoms with Crippen molar-refractivity contribution in [3.63, 3.8) is 0 Å². The van der Waals surface area contributed by atoms with Gasteiger partial charge in [0, 0.05) is 11.5 Å². The molecule has 88 valence electrons. The molecule has 1 fully saturated rings. The number of nitrogens with zero attached hydrogens (tertiary/aromatic N) is 2. The lowest BCUT2D eigenvalue weighted by molar-refractivity contribution is 0.0625. The van der Waals surface area contributed by atoms with E-state index in [2.05, 4.69) is 10.1 Å². The summed E-state index contributed by atoms with van der Waals surface area (Å²) in [5, 5.41) is 13.0. The van der Waals surface area contributed by atoms with Crippen molar-refractivity contribution >= 4 is 0 Å². The van der Waals surface area contributed by atoms with Gasteiger partial charge in [-0.25, -0.2) is 4.39 Å². The Morgan fingerprint density at radius 3 is 2.88 bits per heavy atom. The van der Waals surface area contributed by atoms with Gasteiger partial charge in [0.05, 0.1) is 6.10 Å². The van der Waals surface area contributed by atoms with Gasteiger partial charge in [-0.1, -0.05) is 17.3 Å². The maximum atomic E-state index is 13.0. The summed E-state index contributed by atoms with van der Waals surface area (Å²) in [6.07, 6.45) is 1.06. The van der Waals surface area contributed by atoms with Crippen LogP contribution in [-0.2, 0) is 0 Å². The summed E-state index contributed by atoms with van der Waals surface area (Å²) >= 11 is 0. The number of aliphatic hydroxyl groups excluding tert-OH is 1. The number of halogens is 1. The first-order valence-corrected chi connectivity index (χ1v) is 5.50. The number of rotatable bonds is 2. The molecule has 1 aliphatic rings. The van der Waals surface area contributed by atoms with Gasteiger partial charge in [-0.3, -0.25) is 0 Å². The average Bonchev–Trinajstić information content (AvgIpc) is 2.74. The summed E-state index contributed by atoms with van der Waals surface area (Å²) in [5.41, 5.74) is 0.597. The highest BCUT2D eigenvalue weighted by molar-refractivity contribution is 5.53. The molecule has 4 nitrogen and oxygen atoms in total. The summed E-state index contributed by atoms with van der Waals surface area (Å²) in [6.45, 7) is 0. The highest BCUT2D eigenvalue weighted by atomic mass is 19.1. The van der Waals surface area contributed by atoms with Crippen LogP contribution in [0.1, 0.15) is 24.7 Å². The van der Waals surface area contributed by atoms with Gasteiger partial charge < -0.3 is 9.63 Å². The second-order valence-electron chi connectivity index (χ2n) is 4.29. The molecule has 5 heteroatoms. The molecule has 17 heavy (non-hydrogen) atoms. The maximum Gasteiger partial charge on any atom is 0.230 e. The highest BCUT2D eigenvalue weighted by Crippen LogP contribution is 2.36. The zero-order chi connectivity index (χ0) is 11.8. The molecule has 0 spiro atoms. The Balaban J connectivity index is 1.85. The van der Waals surface area contributed by atoms with Crippen molar-refractivity contribution in [1.29, 1.82) is 0 Å². The molecule has 0 saturated heterocycles. The summed E-state index contributed by atoms with van der Waals surface area (Å²) in [6, 6.07) is 6.07. The van der Waals surface area contributed by atoms with Crippen LogP contribution in [0.3, 0.4) is 0 Å². The van der Waals surface area contributed by atoms with Gasteiger partial charge in [-0.15, -0.1) is 0 Å². The van der Waals surface area contributed by atoms with Gasteiger partial charge in [0.25, 0.3) is 0 Å². The SMILES string of the molecule is OC1CC(c2nc(-c3cccc(F)c3)no2)C1. The smallest absolute Gasteiger partial charge is 0.230 e. The van der Waals surface area contributed by atoms with Crippen molar-refractivity contribution < 1.29 is 14.0 Å². The van der Waals surface area contributed by atoms with E-state index in [-0.39, 0.29) is 17.8 Å². The van der Waals surface area contributed by atoms with E-state index in [1.807, 2.05) is 0 Å². The van der Waals surface area contributed by atoms with Crippen LogP contribution in [-0.4, -0.2) is 21.4 Å². The van der Waals surface area contributed by atoms with E-state index in [9.17, 15) is 9.50 Å². The molecule has 1 heterocycles. The average molecular weight is 234 g/mol. The van der Waals surface area contributed by atoms with Gasteiger partial charge in [0.1, 0.15) is 5.82 Å². The Hall–Kier alpha value is -1.75. The van der Waals surface area contributed by atoms with Gasteiger partial charge in [0.2, 0.25) is 11.7 Å². The number of benzene rings is 1. The third-order valence-corrected chi connectivity index (χ3v) is 2.99. The van der Waals surface area contributed by atoms with Crippen molar-refractivity contribution in [2.24, 2.45) is 0 Å². The molecular formula is C12H11FN2O2. The third-order valence-electron chi connectivity index (χ3n) is 2.99. The van der Waals surface area contributed by atoms with Crippen LogP contribution in [0.4, 0.5) is 4.39 Å². The van der Waals surface area contributed by atoms with Crippen molar-refractivity contribution in [2.45, 2.75) is 24.9 Å². The summed E-state index contributed by atoms with van der Waals surface area (Å²) < 4.78 is 18.1. The third kappa shape index (κ3) is 1.93. The number of hydrogen-bond donors (Lipinski definition) is 1. The van der Waals surface area contributed by atoms with Gasteiger partial charge in [0.15, 0.2) is 0 Å². The fraction of sp³-hybridized carbons (Fsp3) is 0.333. The van der Waals surface area contributed by atoms with E-state index >= 15 is 0 Å². The predicted octanol–water partition coefficient (Wildman–Crippen LogP) is 2.11. The Labute approximate surface area is 97.1 Å². The fourth-order valence-electron chi connectivity index (χ4n) is 1.94. The van der Waals surface area contributed by atoms with E-state index < -0.39 is 0 Å². The molecule has 0 atom stereocenters. The molecular weight excluding hydrogens is 223 g/mol. The van der Waals surface area contributed by atoms with Crippen LogP contribution in [0.15, 0.2) is 28.8 Å². The second kappa shape index (κ2) is 3.92. The van der Waals surface area contributed by atoms with E-state index in [0.29, 0.717) is 30.1 Å². The van der Waals surface area contributed by atoms with Crippen LogP contribution in [0, 0.1) is 5.82 Å². The Bertz CT molecular complexity index is 535. The van der Waals surface area contributed by atoms with Crippen LogP contribution >= 0.6 is 0 Å². The fourth-order valence-corrected chi connectivity index (χ4v) is 1.94. The topological polar surface area (TPSA) is 59.2 Å². The maximum absolute atomic E-state index is 13.0. The standard InChI is InChI=1S/C12H11FN2O2/c13-9-3-1-2-7(4-9)11-14-12(17-15-11)8-5-10(16)6-8/h1-4,8,10,16H,5-6H2. The number of hydrogen-bond acceptors (Lipinski definition) is 4. The highest BCUT2D eigenvalue weighted by Gasteiger charge is 2.33. The van der Waals surface area contributed by atoms with Crippen LogP contribution in [0.2, 0.25) is 0 Å². The molecule has 1 aromatic carbocycles. The Morgan fingerprint density at radius 2 is 2.18 bits per heavy atom. The zero-order valence-electron chi connectivity index (χ0n) is 9.01. The summed E-state index contributed by atoms with van der Waals surface area (Å²) in [5.74, 6) is 0.725. The minimum Gasteiger partial charge on any atom is -0.393 e. The Kier molecular flexibility index (Phi) is 2.40. The van der Waals surface area contributed by atoms with Crippen LogP contribution in [0.25, 0.3) is 11.4 Å². The van der Waals surface area contributed by atoms with Crippen molar-refractivity contribution in [1.82, 2.24) is 10.1 Å². The first-order valence-electron chi connectivity index (χ1n) is 5.50. The molecule has 1 N–H and O–H groups in total. The molecule has 3 rings (SSSR count). The minimum absolute atomic E-state index is 0.139. The molecule has 1 aliphatic carbocycles. The zero-order valence-corrected chi connectivity index (χ0v) is 9.01. The number of aliphatic hydroxyl groups is 1. The lowest BCUT2D eigenvalue weighted by Crippen LogP contribution is -2.26. The van der Waals surface area contributed by atoms with Crippen LogP contribution in [0.5, 0.6) is 0 Å². The molecule has 0 amide bonds. The van der Waals surface area contributed by atoms with E-state index in [4.69, 9.17) is 4.52 Å². The van der Waals surface area contributed by atoms with Gasteiger partial charge in [-0.05, 0) is 25.0 Å².